The van der Waals surface area contributed by atoms with Crippen LogP contribution in [0, 0.1) is 0 Å². The average molecular weight is 529 g/mol. The number of unbranched alkanes of at least 4 members (excludes halogenated alkanes) is 12. The predicted molar refractivity (Wildman–Crippen MR) is 152 cm³/mol. The molecule has 7 nitrogen and oxygen atoms in total. The average Bonchev–Trinajstić information content (AvgIpc) is 2.89. The van der Waals surface area contributed by atoms with Gasteiger partial charge in [-0.15, -0.1) is 0 Å². The fourth-order valence-corrected chi connectivity index (χ4v) is 4.68. The van der Waals surface area contributed by atoms with Crippen molar-refractivity contribution in [3.63, 3.8) is 0 Å². The Bertz CT molecular complexity index is 1050. The van der Waals surface area contributed by atoms with Crippen molar-refractivity contribution in [1.29, 1.82) is 0 Å². The van der Waals surface area contributed by atoms with Gasteiger partial charge in [0.2, 0.25) is 15.9 Å². The summed E-state index contributed by atoms with van der Waals surface area (Å²) in [4.78, 5) is 14.3. The van der Waals surface area contributed by atoms with Crippen molar-refractivity contribution >= 4 is 33.0 Å². The highest BCUT2D eigenvalue weighted by Crippen LogP contribution is 2.23. The summed E-state index contributed by atoms with van der Waals surface area (Å²) in [5.74, 6) is 0.118. The molecule has 37 heavy (non-hydrogen) atoms. The normalized spacial score (nSPS) is 11.8. The smallest absolute Gasteiger partial charge is 0.238 e. The SMILES string of the molecule is CCCCCCCCCCCCCCCC(=O)N(C)c1ccc(N=Nc2ccc(S(N)(=O)=O)cc2)cc1. The first-order valence-corrected chi connectivity index (χ1v) is 15.3. The lowest BCUT2D eigenvalue weighted by Gasteiger charge is -2.17. The van der Waals surface area contributed by atoms with Gasteiger partial charge in [-0.25, -0.2) is 13.6 Å². The van der Waals surface area contributed by atoms with E-state index in [0.29, 0.717) is 17.8 Å². The van der Waals surface area contributed by atoms with Crippen molar-refractivity contribution in [1.82, 2.24) is 0 Å². The van der Waals surface area contributed by atoms with Crippen LogP contribution in [0.25, 0.3) is 0 Å². The molecule has 0 saturated heterocycles. The van der Waals surface area contributed by atoms with Gasteiger partial charge in [-0.3, -0.25) is 4.79 Å². The molecule has 0 fully saturated rings. The number of hydrogen-bond donors (Lipinski definition) is 1. The molecule has 2 N–H and O–H groups in total. The van der Waals surface area contributed by atoms with E-state index in [2.05, 4.69) is 17.2 Å². The first-order valence-electron chi connectivity index (χ1n) is 13.7. The number of carbonyl (C=O) groups is 1. The van der Waals surface area contributed by atoms with Gasteiger partial charge < -0.3 is 4.90 Å². The molecule has 204 valence electrons. The van der Waals surface area contributed by atoms with E-state index in [0.717, 1.165) is 18.5 Å². The Morgan fingerprint density at radius 2 is 1.11 bits per heavy atom. The molecule has 0 saturated carbocycles. The van der Waals surface area contributed by atoms with Crippen LogP contribution in [0.1, 0.15) is 96.8 Å². The molecule has 0 aliphatic carbocycles. The largest absolute Gasteiger partial charge is 0.316 e. The maximum absolute atomic E-state index is 12.6. The molecule has 2 aromatic rings. The van der Waals surface area contributed by atoms with Gasteiger partial charge in [0.25, 0.3) is 0 Å². The highest BCUT2D eigenvalue weighted by molar-refractivity contribution is 7.89. The quantitative estimate of drug-likeness (QED) is 0.156. The van der Waals surface area contributed by atoms with Gasteiger partial charge in [0.1, 0.15) is 0 Å². The van der Waals surface area contributed by atoms with Gasteiger partial charge in [-0.1, -0.05) is 84.0 Å². The minimum atomic E-state index is -3.73. The molecule has 0 radical (unpaired) electrons. The second-order valence-corrected chi connectivity index (χ2v) is 11.3. The van der Waals surface area contributed by atoms with Crippen LogP contribution >= 0.6 is 0 Å². The summed E-state index contributed by atoms with van der Waals surface area (Å²) in [6.07, 6.45) is 17.3. The van der Waals surface area contributed by atoms with E-state index in [1.807, 2.05) is 12.1 Å². The molecule has 2 aromatic carbocycles. The number of anilines is 1. The van der Waals surface area contributed by atoms with E-state index in [1.165, 1.54) is 82.8 Å². The Labute approximate surface area is 223 Å². The van der Waals surface area contributed by atoms with Crippen molar-refractivity contribution < 1.29 is 13.2 Å². The summed E-state index contributed by atoms with van der Waals surface area (Å²) in [6.45, 7) is 2.26. The first-order chi connectivity index (χ1) is 17.8. The van der Waals surface area contributed by atoms with Crippen LogP contribution in [-0.4, -0.2) is 21.4 Å². The zero-order valence-electron chi connectivity index (χ0n) is 22.6. The number of nitrogens with zero attached hydrogens (tertiary/aromatic N) is 3. The van der Waals surface area contributed by atoms with Gasteiger partial charge in [0.05, 0.1) is 16.3 Å². The van der Waals surface area contributed by atoms with Crippen LogP contribution < -0.4 is 10.0 Å². The number of amides is 1. The van der Waals surface area contributed by atoms with E-state index in [1.54, 1.807) is 36.2 Å². The lowest BCUT2D eigenvalue weighted by atomic mass is 10.0. The Morgan fingerprint density at radius 3 is 1.54 bits per heavy atom. The Morgan fingerprint density at radius 1 is 0.703 bits per heavy atom. The van der Waals surface area contributed by atoms with Crippen molar-refractivity contribution in [3.05, 3.63) is 48.5 Å². The van der Waals surface area contributed by atoms with Crippen molar-refractivity contribution in [3.8, 4) is 0 Å². The van der Waals surface area contributed by atoms with Crippen molar-refractivity contribution in [2.75, 3.05) is 11.9 Å². The first kappa shape index (κ1) is 30.6. The number of hydrogen-bond acceptors (Lipinski definition) is 5. The summed E-state index contributed by atoms with van der Waals surface area (Å²) < 4.78 is 22.6. The van der Waals surface area contributed by atoms with Crippen molar-refractivity contribution in [2.24, 2.45) is 15.4 Å². The molecule has 0 aromatic heterocycles. The molecule has 0 bridgehead atoms. The number of azo groups is 1. The molecule has 0 aliphatic rings. The third kappa shape index (κ3) is 12.5. The van der Waals surface area contributed by atoms with E-state index < -0.39 is 10.0 Å². The fourth-order valence-electron chi connectivity index (χ4n) is 4.17. The minimum Gasteiger partial charge on any atom is -0.316 e. The number of nitrogens with two attached hydrogens (primary N) is 1. The molecule has 0 aliphatic heterocycles. The molecule has 0 heterocycles. The Kier molecular flexibility index (Phi) is 14.1. The fraction of sp³-hybridized carbons (Fsp3) is 0.552. The van der Waals surface area contributed by atoms with Gasteiger partial charge in [0, 0.05) is 19.2 Å². The standard InChI is InChI=1S/C29H44N4O3S/c1-3-4-5-6-7-8-9-10-11-12-13-14-15-16-29(34)33(2)27-21-17-25(18-22-27)31-32-26-19-23-28(24-20-26)37(30,35)36/h17-24H,3-16H2,1-2H3,(H2,30,35,36). The highest BCUT2D eigenvalue weighted by atomic mass is 32.2. The molecule has 0 atom stereocenters. The lowest BCUT2D eigenvalue weighted by Crippen LogP contribution is -2.25. The minimum absolute atomic E-state index is 0.0299. The topological polar surface area (TPSA) is 105 Å². The van der Waals surface area contributed by atoms with Crippen LogP contribution in [0.15, 0.2) is 63.7 Å². The number of sulfonamides is 1. The number of benzene rings is 2. The zero-order valence-corrected chi connectivity index (χ0v) is 23.4. The molecule has 1 amide bonds. The van der Waals surface area contributed by atoms with E-state index in [9.17, 15) is 13.2 Å². The molecule has 2 rings (SSSR count). The summed E-state index contributed by atoms with van der Waals surface area (Å²) in [5.41, 5.74) is 1.97. The van der Waals surface area contributed by atoms with Crippen LogP contribution in [0.4, 0.5) is 17.1 Å². The maximum atomic E-state index is 12.6. The third-order valence-corrected chi connectivity index (χ3v) is 7.48. The maximum Gasteiger partial charge on any atom is 0.238 e. The second-order valence-electron chi connectivity index (χ2n) is 9.70. The highest BCUT2D eigenvalue weighted by Gasteiger charge is 2.10. The monoisotopic (exact) mass is 528 g/mol. The summed E-state index contributed by atoms with van der Waals surface area (Å²) in [7, 11) is -1.93. The molecular weight excluding hydrogens is 484 g/mol. The van der Waals surface area contributed by atoms with Crippen LogP contribution in [0.3, 0.4) is 0 Å². The van der Waals surface area contributed by atoms with Crippen LogP contribution in [-0.2, 0) is 14.8 Å². The zero-order chi connectivity index (χ0) is 26.9. The predicted octanol–water partition coefficient (Wildman–Crippen LogP) is 8.19. The summed E-state index contributed by atoms with van der Waals surface area (Å²) in [5, 5.41) is 13.4. The Balaban J connectivity index is 1.62. The van der Waals surface area contributed by atoms with Crippen LogP contribution in [0.2, 0.25) is 0 Å². The summed E-state index contributed by atoms with van der Waals surface area (Å²) >= 11 is 0. The van der Waals surface area contributed by atoms with E-state index in [-0.39, 0.29) is 10.8 Å². The van der Waals surface area contributed by atoms with Gasteiger partial charge in [0.15, 0.2) is 0 Å². The Hall–Kier alpha value is -2.58. The number of primary sulfonamides is 1. The van der Waals surface area contributed by atoms with E-state index >= 15 is 0 Å². The van der Waals surface area contributed by atoms with Crippen molar-refractivity contribution in [2.45, 2.75) is 102 Å². The van der Waals surface area contributed by atoms with Gasteiger partial charge in [-0.05, 0) is 55.0 Å². The summed E-state index contributed by atoms with van der Waals surface area (Å²) in [6, 6.07) is 13.2. The molecule has 0 spiro atoms. The number of carbonyl (C=O) groups excluding carboxylic acids is 1. The van der Waals surface area contributed by atoms with Gasteiger partial charge in [-0.2, -0.15) is 10.2 Å². The second kappa shape index (κ2) is 17.0. The molecule has 8 heteroatoms. The molecule has 0 unspecified atom stereocenters. The van der Waals surface area contributed by atoms with Crippen LogP contribution in [0.5, 0.6) is 0 Å². The van der Waals surface area contributed by atoms with Gasteiger partial charge >= 0.3 is 0 Å². The van der Waals surface area contributed by atoms with E-state index in [4.69, 9.17) is 5.14 Å². The molecular formula is C29H44N4O3S. The number of rotatable bonds is 18. The lowest BCUT2D eigenvalue weighted by molar-refractivity contribution is -0.118. The third-order valence-electron chi connectivity index (χ3n) is 6.55.